The molecule has 2 aromatic carbocycles. The van der Waals surface area contributed by atoms with Crippen LogP contribution in [0.2, 0.25) is 0 Å². The Morgan fingerprint density at radius 1 is 1.25 bits per heavy atom. The zero-order chi connectivity index (χ0) is 14.7. The van der Waals surface area contributed by atoms with Crippen LogP contribution >= 0.6 is 15.9 Å². The van der Waals surface area contributed by atoms with Crippen molar-refractivity contribution in [2.45, 2.75) is 19.4 Å². The van der Waals surface area contributed by atoms with Gasteiger partial charge < -0.3 is 9.84 Å². The van der Waals surface area contributed by atoms with Gasteiger partial charge in [0.05, 0.1) is 13.2 Å². The van der Waals surface area contributed by atoms with Gasteiger partial charge in [0.15, 0.2) is 0 Å². The molecule has 2 rings (SSSR count). The number of methoxy groups -OCH3 is 1. The van der Waals surface area contributed by atoms with E-state index in [2.05, 4.69) is 15.9 Å². The van der Waals surface area contributed by atoms with E-state index in [0.29, 0.717) is 22.2 Å². The van der Waals surface area contributed by atoms with Gasteiger partial charge in [0.2, 0.25) is 0 Å². The highest BCUT2D eigenvalue weighted by atomic mass is 79.9. The topological polar surface area (TPSA) is 29.5 Å². The predicted octanol–water partition coefficient (Wildman–Crippen LogP) is 4.18. The van der Waals surface area contributed by atoms with Gasteiger partial charge >= 0.3 is 0 Å². The monoisotopic (exact) mass is 338 g/mol. The third-order valence-electron chi connectivity index (χ3n) is 3.10. The predicted molar refractivity (Wildman–Crippen MR) is 80.5 cm³/mol. The van der Waals surface area contributed by atoms with Gasteiger partial charge in [-0.15, -0.1) is 0 Å². The summed E-state index contributed by atoms with van der Waals surface area (Å²) in [5, 5.41) is 10.3. The number of aliphatic hydroxyl groups is 1. The minimum Gasteiger partial charge on any atom is -0.496 e. The summed E-state index contributed by atoms with van der Waals surface area (Å²) in [5.41, 5.74) is 2.50. The molecule has 4 heteroatoms. The van der Waals surface area contributed by atoms with Crippen LogP contribution in [0.5, 0.6) is 5.75 Å². The molecule has 0 heterocycles. The molecule has 1 unspecified atom stereocenters. The lowest BCUT2D eigenvalue weighted by Crippen LogP contribution is -2.04. The van der Waals surface area contributed by atoms with Crippen molar-refractivity contribution >= 4 is 15.9 Å². The maximum Gasteiger partial charge on any atom is 0.124 e. The van der Waals surface area contributed by atoms with E-state index in [-0.39, 0.29) is 5.82 Å². The molecule has 1 atom stereocenters. The van der Waals surface area contributed by atoms with Crippen molar-refractivity contribution in [3.05, 3.63) is 63.4 Å². The summed E-state index contributed by atoms with van der Waals surface area (Å²) >= 11 is 3.25. The number of halogens is 2. The molecule has 0 radical (unpaired) electrons. The van der Waals surface area contributed by atoms with E-state index in [1.165, 1.54) is 12.1 Å². The van der Waals surface area contributed by atoms with Crippen LogP contribution in [0.1, 0.15) is 22.8 Å². The molecule has 2 nitrogen and oxygen atoms in total. The lowest BCUT2D eigenvalue weighted by atomic mass is 9.99. The summed E-state index contributed by atoms with van der Waals surface area (Å²) in [4.78, 5) is 0. The molecule has 106 valence electrons. The third-order valence-corrected chi connectivity index (χ3v) is 3.56. The van der Waals surface area contributed by atoms with E-state index >= 15 is 0 Å². The molecule has 0 fully saturated rings. The summed E-state index contributed by atoms with van der Waals surface area (Å²) in [6, 6.07) is 10.2. The van der Waals surface area contributed by atoms with Gasteiger partial charge in [0, 0.05) is 16.5 Å². The Morgan fingerprint density at radius 2 is 2.00 bits per heavy atom. The highest BCUT2D eigenvalue weighted by Crippen LogP contribution is 2.29. The van der Waals surface area contributed by atoms with Crippen LogP contribution < -0.4 is 4.74 Å². The van der Waals surface area contributed by atoms with Crippen molar-refractivity contribution in [2.75, 3.05) is 7.11 Å². The summed E-state index contributed by atoms with van der Waals surface area (Å²) in [6.45, 7) is 1.96. The second kappa shape index (κ2) is 6.37. The molecule has 0 aliphatic rings. The van der Waals surface area contributed by atoms with Gasteiger partial charge in [-0.3, -0.25) is 0 Å². The van der Waals surface area contributed by atoms with E-state index in [4.69, 9.17) is 4.74 Å². The number of rotatable bonds is 4. The Bertz CT molecular complexity index is 593. The summed E-state index contributed by atoms with van der Waals surface area (Å²) in [5.74, 6) is 0.324. The average Bonchev–Trinajstić information content (AvgIpc) is 2.37. The standard InChI is InChI=1S/C16H16BrFO2/c1-10-3-4-14(16(5-10)20-2)15(19)8-11-6-12(17)9-13(18)7-11/h3-7,9,15,19H,8H2,1-2H3. The van der Waals surface area contributed by atoms with Gasteiger partial charge in [0.1, 0.15) is 11.6 Å². The minimum absolute atomic E-state index is 0.322. The highest BCUT2D eigenvalue weighted by molar-refractivity contribution is 9.10. The quantitative estimate of drug-likeness (QED) is 0.905. The van der Waals surface area contributed by atoms with Crippen molar-refractivity contribution in [2.24, 2.45) is 0 Å². The number of hydrogen-bond donors (Lipinski definition) is 1. The van der Waals surface area contributed by atoms with Crippen LogP contribution in [0.15, 0.2) is 40.9 Å². The van der Waals surface area contributed by atoms with Gasteiger partial charge in [-0.1, -0.05) is 28.1 Å². The lowest BCUT2D eigenvalue weighted by molar-refractivity contribution is 0.174. The lowest BCUT2D eigenvalue weighted by Gasteiger charge is -2.15. The van der Waals surface area contributed by atoms with Crippen molar-refractivity contribution in [1.82, 2.24) is 0 Å². The van der Waals surface area contributed by atoms with E-state index in [9.17, 15) is 9.50 Å². The number of hydrogen-bond acceptors (Lipinski definition) is 2. The molecule has 20 heavy (non-hydrogen) atoms. The van der Waals surface area contributed by atoms with Crippen LogP contribution in [0, 0.1) is 12.7 Å². The van der Waals surface area contributed by atoms with Gasteiger partial charge in [0.25, 0.3) is 0 Å². The molecule has 0 aromatic heterocycles. The highest BCUT2D eigenvalue weighted by Gasteiger charge is 2.14. The van der Waals surface area contributed by atoms with E-state index in [1.807, 2.05) is 25.1 Å². The summed E-state index contributed by atoms with van der Waals surface area (Å²) < 4.78 is 19.3. The Kier molecular flexibility index (Phi) is 4.78. The Balaban J connectivity index is 2.25. The van der Waals surface area contributed by atoms with Crippen LogP contribution in [-0.4, -0.2) is 12.2 Å². The smallest absolute Gasteiger partial charge is 0.124 e. The second-order valence-electron chi connectivity index (χ2n) is 4.74. The SMILES string of the molecule is COc1cc(C)ccc1C(O)Cc1cc(F)cc(Br)c1. The normalized spacial score (nSPS) is 12.2. The van der Waals surface area contributed by atoms with E-state index in [1.54, 1.807) is 13.2 Å². The molecule has 0 bridgehead atoms. The van der Waals surface area contributed by atoms with Crippen molar-refractivity contribution < 1.29 is 14.2 Å². The molecule has 0 spiro atoms. The zero-order valence-electron chi connectivity index (χ0n) is 11.4. The van der Waals surface area contributed by atoms with Crippen LogP contribution in [0.25, 0.3) is 0 Å². The first-order valence-corrected chi connectivity index (χ1v) is 7.06. The second-order valence-corrected chi connectivity index (χ2v) is 5.66. The number of aryl methyl sites for hydroxylation is 1. The molecule has 0 aliphatic carbocycles. The Labute approximate surface area is 126 Å². The molecular weight excluding hydrogens is 323 g/mol. The van der Waals surface area contributed by atoms with Crippen molar-refractivity contribution in [3.8, 4) is 5.75 Å². The fourth-order valence-electron chi connectivity index (χ4n) is 2.16. The third kappa shape index (κ3) is 3.58. The van der Waals surface area contributed by atoms with Gasteiger partial charge in [-0.05, 0) is 42.3 Å². The van der Waals surface area contributed by atoms with E-state index in [0.717, 1.165) is 11.1 Å². The Hall–Kier alpha value is -1.39. The number of benzene rings is 2. The molecule has 0 saturated carbocycles. The summed E-state index contributed by atoms with van der Waals surface area (Å²) in [6.07, 6.45) is -0.408. The van der Waals surface area contributed by atoms with E-state index < -0.39 is 6.10 Å². The van der Waals surface area contributed by atoms with Crippen LogP contribution in [-0.2, 0) is 6.42 Å². The maximum absolute atomic E-state index is 13.3. The van der Waals surface area contributed by atoms with Crippen LogP contribution in [0.4, 0.5) is 4.39 Å². The first kappa shape index (κ1) is 15.0. The summed E-state index contributed by atoms with van der Waals surface area (Å²) in [7, 11) is 1.57. The van der Waals surface area contributed by atoms with Crippen molar-refractivity contribution in [1.29, 1.82) is 0 Å². The first-order valence-electron chi connectivity index (χ1n) is 6.27. The zero-order valence-corrected chi connectivity index (χ0v) is 12.9. The number of ether oxygens (including phenoxy) is 1. The molecule has 0 amide bonds. The first-order chi connectivity index (χ1) is 9.49. The fraction of sp³-hybridized carbons (Fsp3) is 0.250. The van der Waals surface area contributed by atoms with Crippen LogP contribution in [0.3, 0.4) is 0 Å². The average molecular weight is 339 g/mol. The van der Waals surface area contributed by atoms with Crippen molar-refractivity contribution in [3.63, 3.8) is 0 Å². The fourth-order valence-corrected chi connectivity index (χ4v) is 2.67. The molecule has 0 aliphatic heterocycles. The molecule has 0 saturated heterocycles. The molecule has 1 N–H and O–H groups in total. The van der Waals surface area contributed by atoms with Gasteiger partial charge in [-0.25, -0.2) is 4.39 Å². The minimum atomic E-state index is -0.737. The maximum atomic E-state index is 13.3. The van der Waals surface area contributed by atoms with Gasteiger partial charge in [-0.2, -0.15) is 0 Å². The largest absolute Gasteiger partial charge is 0.496 e. The molecular formula is C16H16BrFO2. The molecule has 2 aromatic rings. The number of aliphatic hydroxyl groups excluding tert-OH is 1. The Morgan fingerprint density at radius 3 is 2.65 bits per heavy atom.